The molecule has 0 spiro atoms. The topological polar surface area (TPSA) is 32.7 Å². The van der Waals surface area contributed by atoms with E-state index in [4.69, 9.17) is 4.74 Å². The molecule has 2 aromatic carbocycles. The first-order valence-corrected chi connectivity index (χ1v) is 7.54. The van der Waals surface area contributed by atoms with Crippen molar-refractivity contribution in [2.24, 2.45) is 0 Å². The number of halogens is 5. The molecule has 0 amide bonds. The van der Waals surface area contributed by atoms with Crippen LogP contribution in [0.1, 0.15) is 11.1 Å². The summed E-state index contributed by atoms with van der Waals surface area (Å²) in [6, 6.07) is 9.38. The number of alkyl halides is 5. The van der Waals surface area contributed by atoms with Gasteiger partial charge < -0.3 is 14.7 Å². The quantitative estimate of drug-likeness (QED) is 0.796. The molecule has 26 heavy (non-hydrogen) atoms. The second-order valence-electron chi connectivity index (χ2n) is 5.96. The van der Waals surface area contributed by atoms with E-state index < -0.39 is 28.8 Å². The van der Waals surface area contributed by atoms with E-state index in [9.17, 15) is 27.1 Å². The Morgan fingerprint density at radius 1 is 0.885 bits per heavy atom. The molecule has 8 heteroatoms. The molecule has 0 aliphatic carbocycles. The Bertz CT molecular complexity index is 759. The molecular weight excluding hydrogens is 357 g/mol. The fourth-order valence-electron chi connectivity index (χ4n) is 2.58. The van der Waals surface area contributed by atoms with Gasteiger partial charge in [-0.2, -0.15) is 22.0 Å². The van der Waals surface area contributed by atoms with Crippen LogP contribution >= 0.6 is 0 Å². The van der Waals surface area contributed by atoms with Crippen molar-refractivity contribution in [3.8, 4) is 5.75 Å². The van der Waals surface area contributed by atoms with Gasteiger partial charge in [0.05, 0.1) is 7.11 Å². The van der Waals surface area contributed by atoms with Gasteiger partial charge >= 0.3 is 12.1 Å². The van der Waals surface area contributed by atoms with Crippen LogP contribution in [0.3, 0.4) is 0 Å². The summed E-state index contributed by atoms with van der Waals surface area (Å²) in [6.07, 6.45) is -5.96. The molecule has 0 heterocycles. The van der Waals surface area contributed by atoms with E-state index in [0.717, 1.165) is 24.3 Å². The number of aliphatic hydroxyl groups is 1. The number of hydrogen-bond donors (Lipinski definition) is 1. The molecule has 0 bridgehead atoms. The molecular formula is C18H18F5NO2. The highest BCUT2D eigenvalue weighted by atomic mass is 19.4. The Balaban J connectivity index is 2.75. The zero-order valence-electron chi connectivity index (χ0n) is 14.3. The smallest absolute Gasteiger partial charge is 0.457 e. The van der Waals surface area contributed by atoms with Gasteiger partial charge in [0, 0.05) is 19.8 Å². The molecule has 0 aliphatic rings. The van der Waals surface area contributed by atoms with E-state index in [1.807, 2.05) is 0 Å². The van der Waals surface area contributed by atoms with Gasteiger partial charge in [0.25, 0.3) is 0 Å². The van der Waals surface area contributed by atoms with Gasteiger partial charge in [0.15, 0.2) is 5.60 Å². The molecule has 0 aliphatic heterocycles. The normalized spacial score (nSPS) is 14.7. The van der Waals surface area contributed by atoms with Gasteiger partial charge in [0.1, 0.15) is 5.75 Å². The van der Waals surface area contributed by atoms with Crippen LogP contribution in [0.25, 0.3) is 0 Å². The lowest BCUT2D eigenvalue weighted by atomic mass is 9.80. The Morgan fingerprint density at radius 3 is 1.92 bits per heavy atom. The second kappa shape index (κ2) is 6.75. The summed E-state index contributed by atoms with van der Waals surface area (Å²) in [5.74, 6) is -5.17. The van der Waals surface area contributed by atoms with Gasteiger partial charge in [0.2, 0.25) is 0 Å². The maximum absolute atomic E-state index is 14.4. The van der Waals surface area contributed by atoms with E-state index in [0.29, 0.717) is 5.69 Å². The Morgan fingerprint density at radius 2 is 1.46 bits per heavy atom. The predicted octanol–water partition coefficient (Wildman–Crippen LogP) is 4.19. The highest BCUT2D eigenvalue weighted by Gasteiger charge is 2.71. The van der Waals surface area contributed by atoms with Crippen LogP contribution in [0.15, 0.2) is 48.5 Å². The summed E-state index contributed by atoms with van der Waals surface area (Å²) in [5.41, 5.74) is -4.41. The summed E-state index contributed by atoms with van der Waals surface area (Å²) < 4.78 is 73.3. The van der Waals surface area contributed by atoms with E-state index in [2.05, 4.69) is 0 Å². The Hall–Kier alpha value is -2.35. The van der Waals surface area contributed by atoms with Crippen LogP contribution in [0.5, 0.6) is 5.75 Å². The van der Waals surface area contributed by atoms with Crippen molar-refractivity contribution in [1.29, 1.82) is 0 Å². The van der Waals surface area contributed by atoms with Gasteiger partial charge in [-0.1, -0.05) is 24.3 Å². The van der Waals surface area contributed by atoms with Gasteiger partial charge in [-0.3, -0.25) is 0 Å². The van der Waals surface area contributed by atoms with Crippen molar-refractivity contribution in [1.82, 2.24) is 0 Å². The van der Waals surface area contributed by atoms with E-state index in [1.165, 1.54) is 36.3 Å². The largest absolute Gasteiger partial charge is 0.497 e. The number of nitrogens with zero attached hydrogens (tertiary/aromatic N) is 1. The average Bonchev–Trinajstić information content (AvgIpc) is 2.60. The Labute approximate surface area is 147 Å². The first kappa shape index (κ1) is 20.0. The monoisotopic (exact) mass is 375 g/mol. The minimum atomic E-state index is -5.96. The van der Waals surface area contributed by atoms with Crippen LogP contribution in [-0.2, 0) is 5.60 Å². The third-order valence-corrected chi connectivity index (χ3v) is 4.10. The SMILES string of the molecule is COc1ccc(C(O)(c2cccc(N(C)C)c2)C(F)(F)C(F)(F)F)cc1. The fraction of sp³-hybridized carbons (Fsp3) is 0.333. The molecule has 0 radical (unpaired) electrons. The van der Waals surface area contributed by atoms with Crippen molar-refractivity contribution < 1.29 is 31.8 Å². The summed E-state index contributed by atoms with van der Waals surface area (Å²) >= 11 is 0. The van der Waals surface area contributed by atoms with Crippen LogP contribution in [0.2, 0.25) is 0 Å². The lowest BCUT2D eigenvalue weighted by Crippen LogP contribution is -2.55. The molecule has 3 nitrogen and oxygen atoms in total. The highest BCUT2D eigenvalue weighted by Crippen LogP contribution is 2.52. The van der Waals surface area contributed by atoms with E-state index >= 15 is 0 Å². The number of ether oxygens (including phenoxy) is 1. The van der Waals surface area contributed by atoms with Crippen LogP contribution in [0.4, 0.5) is 27.6 Å². The van der Waals surface area contributed by atoms with Gasteiger partial charge in [-0.15, -0.1) is 0 Å². The second-order valence-corrected chi connectivity index (χ2v) is 5.96. The van der Waals surface area contributed by atoms with Crippen LogP contribution < -0.4 is 9.64 Å². The molecule has 2 rings (SSSR count). The van der Waals surface area contributed by atoms with Crippen molar-refractivity contribution in [2.75, 3.05) is 26.1 Å². The van der Waals surface area contributed by atoms with E-state index in [-0.39, 0.29) is 5.75 Å². The van der Waals surface area contributed by atoms with Crippen LogP contribution in [-0.4, -0.2) is 38.4 Å². The maximum Gasteiger partial charge on any atom is 0.457 e. The molecule has 0 saturated carbocycles. The van der Waals surface area contributed by atoms with Crippen molar-refractivity contribution in [3.63, 3.8) is 0 Å². The average molecular weight is 375 g/mol. The molecule has 1 atom stereocenters. The lowest BCUT2D eigenvalue weighted by molar-refractivity contribution is -0.336. The highest BCUT2D eigenvalue weighted by molar-refractivity contribution is 5.52. The zero-order chi connectivity index (χ0) is 19.8. The number of methoxy groups -OCH3 is 1. The molecule has 0 saturated heterocycles. The van der Waals surface area contributed by atoms with Crippen molar-refractivity contribution >= 4 is 5.69 Å². The standard InChI is InChI=1S/C18H18F5NO2/c1-24(2)14-6-4-5-13(11-14)16(25,17(19,20)18(21,22)23)12-7-9-15(26-3)10-8-12/h4-11,25H,1-3H3. The molecule has 2 aromatic rings. The Kier molecular flexibility index (Phi) is 5.19. The summed E-state index contributed by atoms with van der Waals surface area (Å²) in [7, 11) is 4.53. The summed E-state index contributed by atoms with van der Waals surface area (Å²) in [5, 5.41) is 10.8. The number of hydrogen-bond acceptors (Lipinski definition) is 3. The number of rotatable bonds is 5. The van der Waals surface area contributed by atoms with Gasteiger partial charge in [-0.05, 0) is 35.4 Å². The number of benzene rings is 2. The first-order valence-electron chi connectivity index (χ1n) is 7.54. The summed E-state index contributed by atoms with van der Waals surface area (Å²) in [4.78, 5) is 1.53. The van der Waals surface area contributed by atoms with E-state index in [1.54, 1.807) is 14.1 Å². The lowest BCUT2D eigenvalue weighted by Gasteiger charge is -2.38. The molecule has 1 N–H and O–H groups in total. The predicted molar refractivity (Wildman–Crippen MR) is 87.8 cm³/mol. The fourth-order valence-corrected chi connectivity index (χ4v) is 2.58. The third kappa shape index (κ3) is 3.21. The zero-order valence-corrected chi connectivity index (χ0v) is 14.3. The maximum atomic E-state index is 14.4. The third-order valence-electron chi connectivity index (χ3n) is 4.10. The molecule has 0 fully saturated rings. The molecule has 142 valence electrons. The minimum Gasteiger partial charge on any atom is -0.497 e. The van der Waals surface area contributed by atoms with Gasteiger partial charge in [-0.25, -0.2) is 0 Å². The summed E-state index contributed by atoms with van der Waals surface area (Å²) in [6.45, 7) is 0. The molecule has 0 aromatic heterocycles. The minimum absolute atomic E-state index is 0.258. The molecule has 1 unspecified atom stereocenters. The number of anilines is 1. The van der Waals surface area contributed by atoms with Crippen molar-refractivity contribution in [2.45, 2.75) is 17.7 Å². The van der Waals surface area contributed by atoms with Crippen molar-refractivity contribution in [3.05, 3.63) is 59.7 Å². The van der Waals surface area contributed by atoms with Crippen LogP contribution in [0, 0.1) is 0 Å². The first-order chi connectivity index (χ1) is 11.9.